The molecule has 0 aliphatic rings. The van der Waals surface area contributed by atoms with Gasteiger partial charge in [0.05, 0.1) is 23.4 Å². The van der Waals surface area contributed by atoms with Crippen LogP contribution in [0.4, 0.5) is 20.2 Å². The molecule has 0 saturated heterocycles. The fourth-order valence-corrected chi connectivity index (χ4v) is 1.17. The molecule has 0 fully saturated rings. The van der Waals surface area contributed by atoms with Gasteiger partial charge in [-0.05, 0) is 13.0 Å². The van der Waals surface area contributed by atoms with Crippen LogP contribution in [0.1, 0.15) is 40.2 Å². The van der Waals surface area contributed by atoms with Crippen molar-refractivity contribution in [3.05, 3.63) is 33.9 Å². The van der Waals surface area contributed by atoms with E-state index in [9.17, 15) is 18.9 Å². The van der Waals surface area contributed by atoms with Crippen LogP contribution in [-0.4, -0.2) is 24.6 Å². The lowest BCUT2D eigenvalue weighted by Gasteiger charge is -2.07. The Morgan fingerprint density at radius 3 is 2.10 bits per heavy atom. The second-order valence-corrected chi connectivity index (χ2v) is 2.83. The molecule has 0 aliphatic carbocycles. The largest absolute Gasteiger partial charge is 0.385 e. The normalized spacial score (nSPS) is 7.81. The minimum Gasteiger partial charge on any atom is -0.385 e. The average molecular weight is 305 g/mol. The lowest BCUT2D eigenvalue weighted by molar-refractivity contribution is -0.384. The Balaban J connectivity index is -0.000000478. The monoisotopic (exact) mass is 305 g/mol. The SMILES string of the molecule is CC.CC.CCNc1cc([N+](=O)[O-])ccc1C(=N)F.CF. The van der Waals surface area contributed by atoms with Crippen LogP contribution >= 0.6 is 0 Å². The second kappa shape index (κ2) is 16.0. The van der Waals surface area contributed by atoms with Crippen molar-refractivity contribution in [2.45, 2.75) is 34.6 Å². The number of nitrogens with zero attached hydrogens (tertiary/aromatic N) is 1. The van der Waals surface area contributed by atoms with E-state index in [1.807, 2.05) is 27.7 Å². The van der Waals surface area contributed by atoms with Crippen LogP contribution in [0.25, 0.3) is 0 Å². The molecule has 21 heavy (non-hydrogen) atoms. The maximum absolute atomic E-state index is 12.7. The van der Waals surface area contributed by atoms with Gasteiger partial charge in [-0.2, -0.15) is 4.39 Å². The highest BCUT2D eigenvalue weighted by Gasteiger charge is 2.12. The van der Waals surface area contributed by atoms with Gasteiger partial charge in [0.15, 0.2) is 0 Å². The first-order valence-corrected chi connectivity index (χ1v) is 6.70. The number of rotatable bonds is 4. The fourth-order valence-electron chi connectivity index (χ4n) is 1.17. The third-order valence-electron chi connectivity index (χ3n) is 1.82. The summed E-state index contributed by atoms with van der Waals surface area (Å²) in [6.07, 6.45) is 0. The summed E-state index contributed by atoms with van der Waals surface area (Å²) in [7, 11) is 0.500. The first-order valence-electron chi connectivity index (χ1n) is 6.70. The van der Waals surface area contributed by atoms with E-state index in [-0.39, 0.29) is 16.9 Å². The molecule has 0 radical (unpaired) electrons. The standard InChI is InChI=1S/C9H10FN3O2.2C2H6.CH3F/c1-2-12-8-5-6(13(14)15)3-4-7(8)9(10)11;3*1-2/h3-5,11-12H,2H2,1H3;2*1-2H3;1H3. The number of halogens is 2. The summed E-state index contributed by atoms with van der Waals surface area (Å²) in [5.74, 6) is -1.11. The van der Waals surface area contributed by atoms with E-state index < -0.39 is 10.9 Å². The van der Waals surface area contributed by atoms with Crippen LogP contribution in [-0.2, 0) is 0 Å². The number of hydrogen-bond acceptors (Lipinski definition) is 4. The number of alkyl halides is 1. The minimum atomic E-state index is -1.11. The molecular formula is C14H25F2N3O2. The predicted molar refractivity (Wildman–Crippen MR) is 84.9 cm³/mol. The van der Waals surface area contributed by atoms with Gasteiger partial charge in [-0.15, -0.1) is 0 Å². The van der Waals surface area contributed by atoms with Crippen LogP contribution in [0.15, 0.2) is 18.2 Å². The Morgan fingerprint density at radius 1 is 1.29 bits per heavy atom. The van der Waals surface area contributed by atoms with Crippen molar-refractivity contribution >= 4 is 17.3 Å². The van der Waals surface area contributed by atoms with Crippen molar-refractivity contribution in [3.8, 4) is 0 Å². The molecular weight excluding hydrogens is 280 g/mol. The van der Waals surface area contributed by atoms with Gasteiger partial charge in [0.1, 0.15) is 0 Å². The van der Waals surface area contributed by atoms with Crippen LogP contribution in [0, 0.1) is 15.5 Å². The second-order valence-electron chi connectivity index (χ2n) is 2.83. The molecule has 0 heterocycles. The zero-order valence-electron chi connectivity index (χ0n) is 13.5. The molecule has 122 valence electrons. The molecule has 7 heteroatoms. The minimum absolute atomic E-state index is 0.0300. The summed E-state index contributed by atoms with van der Waals surface area (Å²) in [5, 5.41) is 20.1. The molecule has 0 atom stereocenters. The Hall–Kier alpha value is -2.05. The molecule has 0 spiro atoms. The Labute approximate surface area is 125 Å². The summed E-state index contributed by atoms with van der Waals surface area (Å²) >= 11 is 0. The molecule has 1 rings (SSSR count). The molecule has 0 amide bonds. The number of nitro benzene ring substituents is 1. The predicted octanol–water partition coefficient (Wildman–Crippen LogP) is 4.96. The van der Waals surface area contributed by atoms with E-state index in [1.165, 1.54) is 18.2 Å². The molecule has 0 aliphatic heterocycles. The Morgan fingerprint density at radius 2 is 1.76 bits per heavy atom. The smallest absolute Gasteiger partial charge is 0.271 e. The van der Waals surface area contributed by atoms with Gasteiger partial charge in [-0.3, -0.25) is 19.9 Å². The maximum Gasteiger partial charge on any atom is 0.271 e. The van der Waals surface area contributed by atoms with Gasteiger partial charge in [0.2, 0.25) is 5.97 Å². The molecule has 1 aromatic carbocycles. The van der Waals surface area contributed by atoms with Gasteiger partial charge in [-0.1, -0.05) is 27.7 Å². The van der Waals surface area contributed by atoms with E-state index >= 15 is 0 Å². The van der Waals surface area contributed by atoms with Crippen LogP contribution in [0.5, 0.6) is 0 Å². The van der Waals surface area contributed by atoms with E-state index in [4.69, 9.17) is 5.41 Å². The number of hydrogen-bond donors (Lipinski definition) is 2. The average Bonchev–Trinajstić information content (AvgIpc) is 2.53. The van der Waals surface area contributed by atoms with Gasteiger partial charge < -0.3 is 5.32 Å². The van der Waals surface area contributed by atoms with E-state index in [0.717, 1.165) is 0 Å². The number of non-ortho nitro benzene ring substituents is 1. The third-order valence-corrected chi connectivity index (χ3v) is 1.82. The highest BCUT2D eigenvalue weighted by Crippen LogP contribution is 2.23. The number of anilines is 1. The summed E-state index contributed by atoms with van der Waals surface area (Å²) < 4.78 is 22.2. The molecule has 1 aromatic rings. The van der Waals surface area contributed by atoms with Gasteiger partial charge >= 0.3 is 0 Å². The molecule has 0 aromatic heterocycles. The third kappa shape index (κ3) is 9.48. The number of benzene rings is 1. The van der Waals surface area contributed by atoms with Gasteiger partial charge in [-0.25, -0.2) is 0 Å². The van der Waals surface area contributed by atoms with Gasteiger partial charge in [0.25, 0.3) is 5.69 Å². The summed E-state index contributed by atoms with van der Waals surface area (Å²) in [4.78, 5) is 9.91. The van der Waals surface area contributed by atoms with Crippen LogP contribution in [0.2, 0.25) is 0 Å². The Kier molecular flexibility index (Phi) is 18.3. The van der Waals surface area contributed by atoms with Crippen molar-refractivity contribution < 1.29 is 13.7 Å². The van der Waals surface area contributed by atoms with E-state index in [2.05, 4.69) is 5.32 Å². The topological polar surface area (TPSA) is 79.0 Å². The van der Waals surface area contributed by atoms with E-state index in [1.54, 1.807) is 6.92 Å². The molecule has 2 N–H and O–H groups in total. The number of nitro groups is 1. The highest BCUT2D eigenvalue weighted by atomic mass is 19.1. The van der Waals surface area contributed by atoms with Gasteiger partial charge in [0, 0.05) is 18.7 Å². The number of nitrogens with one attached hydrogen (secondary N) is 2. The lowest BCUT2D eigenvalue weighted by atomic mass is 10.1. The highest BCUT2D eigenvalue weighted by molar-refractivity contribution is 5.97. The Bertz CT molecular complexity index is 413. The summed E-state index contributed by atoms with van der Waals surface area (Å²) in [6, 6.07) is 3.61. The zero-order valence-corrected chi connectivity index (χ0v) is 13.5. The van der Waals surface area contributed by atoms with Crippen LogP contribution in [0.3, 0.4) is 0 Å². The van der Waals surface area contributed by atoms with Crippen molar-refractivity contribution in [3.63, 3.8) is 0 Å². The summed E-state index contributed by atoms with van der Waals surface area (Å²) in [6.45, 7) is 10.3. The maximum atomic E-state index is 12.7. The summed E-state index contributed by atoms with van der Waals surface area (Å²) in [5.41, 5.74) is 0.164. The molecule has 0 saturated carbocycles. The van der Waals surface area contributed by atoms with Crippen molar-refractivity contribution in [1.29, 1.82) is 5.41 Å². The van der Waals surface area contributed by atoms with Crippen molar-refractivity contribution in [1.82, 2.24) is 0 Å². The first-order chi connectivity index (χ1) is 10.1. The van der Waals surface area contributed by atoms with Crippen LogP contribution < -0.4 is 5.32 Å². The van der Waals surface area contributed by atoms with Crippen molar-refractivity contribution in [2.24, 2.45) is 0 Å². The lowest BCUT2D eigenvalue weighted by Crippen LogP contribution is -2.04. The molecule has 0 bridgehead atoms. The fraction of sp³-hybridized carbons (Fsp3) is 0.500. The molecule has 5 nitrogen and oxygen atoms in total. The zero-order chi connectivity index (χ0) is 17.4. The molecule has 0 unspecified atom stereocenters. The van der Waals surface area contributed by atoms with E-state index in [0.29, 0.717) is 13.7 Å². The first kappa shape index (κ1) is 24.0. The quantitative estimate of drug-likeness (QED) is 0.469. The van der Waals surface area contributed by atoms with Crippen molar-refractivity contribution in [2.75, 3.05) is 19.0 Å².